The van der Waals surface area contributed by atoms with E-state index < -0.39 is 24.1 Å². The second kappa shape index (κ2) is 7.32. The monoisotopic (exact) mass is 447 g/mol. The van der Waals surface area contributed by atoms with Gasteiger partial charge in [0.05, 0.1) is 16.1 Å². The van der Waals surface area contributed by atoms with E-state index in [1.807, 2.05) is 0 Å². The van der Waals surface area contributed by atoms with Gasteiger partial charge in [0.1, 0.15) is 11.8 Å². The highest BCUT2D eigenvalue weighted by Gasteiger charge is 2.41. The number of phenols is 1. The van der Waals surface area contributed by atoms with Gasteiger partial charge in [-0.1, -0.05) is 0 Å². The van der Waals surface area contributed by atoms with Crippen LogP contribution in [0.25, 0.3) is 0 Å². The van der Waals surface area contributed by atoms with Crippen LogP contribution >= 0.6 is 31.9 Å². The van der Waals surface area contributed by atoms with E-state index in [0.29, 0.717) is 5.56 Å². The number of methoxy groups -OCH3 is 1. The van der Waals surface area contributed by atoms with Crippen LogP contribution in [0.15, 0.2) is 21.1 Å². The van der Waals surface area contributed by atoms with Crippen LogP contribution < -0.4 is 5.32 Å². The van der Waals surface area contributed by atoms with Crippen LogP contribution in [0, 0.1) is 0 Å². The molecule has 0 spiro atoms. The lowest BCUT2D eigenvalue weighted by Crippen LogP contribution is -2.48. The van der Waals surface area contributed by atoms with Crippen molar-refractivity contribution < 1.29 is 32.6 Å². The van der Waals surface area contributed by atoms with Gasteiger partial charge in [0.25, 0.3) is 0 Å². The average Bonchev–Trinajstić information content (AvgIpc) is 2.41. The van der Waals surface area contributed by atoms with Gasteiger partial charge in [0, 0.05) is 6.42 Å². The van der Waals surface area contributed by atoms with Crippen LogP contribution in [-0.2, 0) is 20.7 Å². The topological polar surface area (TPSA) is 75.6 Å². The van der Waals surface area contributed by atoms with E-state index in [-0.39, 0.29) is 21.1 Å². The predicted octanol–water partition coefficient (Wildman–Crippen LogP) is 2.68. The van der Waals surface area contributed by atoms with Crippen LogP contribution in [0.5, 0.6) is 5.75 Å². The van der Waals surface area contributed by atoms with Gasteiger partial charge in [0.15, 0.2) is 0 Å². The zero-order valence-electron chi connectivity index (χ0n) is 11.0. The molecule has 0 radical (unpaired) electrons. The highest BCUT2D eigenvalue weighted by molar-refractivity contribution is 9.11. The summed E-state index contributed by atoms with van der Waals surface area (Å²) < 4.78 is 41.8. The maximum Gasteiger partial charge on any atom is 0.471 e. The molecule has 0 saturated carbocycles. The molecule has 1 amide bonds. The van der Waals surface area contributed by atoms with E-state index in [4.69, 9.17) is 0 Å². The van der Waals surface area contributed by atoms with E-state index in [9.17, 15) is 27.9 Å². The van der Waals surface area contributed by atoms with E-state index in [1.165, 1.54) is 12.1 Å². The molecule has 10 heteroatoms. The van der Waals surface area contributed by atoms with E-state index in [0.717, 1.165) is 7.11 Å². The van der Waals surface area contributed by atoms with Crippen molar-refractivity contribution in [2.45, 2.75) is 18.6 Å². The standard InChI is InChI=1S/C12H10Br2F3NO4/c1-22-10(20)8(18-11(21)12(15,16)17)4-5-2-6(13)9(19)7(14)3-5/h2-3,8,19H,4H2,1H3,(H,18,21). The Balaban J connectivity index is 3.00. The Morgan fingerprint density at radius 2 is 1.82 bits per heavy atom. The Kier molecular flexibility index (Phi) is 6.24. The minimum absolute atomic E-state index is 0.0994. The Morgan fingerprint density at radius 3 is 2.23 bits per heavy atom. The Bertz CT molecular complexity index is 569. The van der Waals surface area contributed by atoms with E-state index >= 15 is 0 Å². The lowest BCUT2D eigenvalue weighted by molar-refractivity contribution is -0.175. The lowest BCUT2D eigenvalue weighted by atomic mass is 10.1. The first-order valence-electron chi connectivity index (χ1n) is 5.68. The molecule has 0 aromatic heterocycles. The summed E-state index contributed by atoms with van der Waals surface area (Å²) in [5.74, 6) is -3.35. The minimum Gasteiger partial charge on any atom is -0.506 e. The van der Waals surface area contributed by atoms with Crippen LogP contribution in [0.1, 0.15) is 5.56 Å². The molecule has 22 heavy (non-hydrogen) atoms. The number of amides is 1. The molecule has 0 saturated heterocycles. The molecule has 1 aromatic rings. The summed E-state index contributed by atoms with van der Waals surface area (Å²) in [5, 5.41) is 11.1. The van der Waals surface area contributed by atoms with Gasteiger partial charge in [0.2, 0.25) is 0 Å². The molecule has 1 rings (SSSR count). The number of phenolic OH excluding ortho intramolecular Hbond substituents is 1. The number of nitrogens with one attached hydrogen (secondary N) is 1. The molecule has 0 heterocycles. The van der Waals surface area contributed by atoms with Gasteiger partial charge in [-0.25, -0.2) is 4.79 Å². The third-order valence-electron chi connectivity index (χ3n) is 2.56. The molecule has 1 atom stereocenters. The highest BCUT2D eigenvalue weighted by atomic mass is 79.9. The Labute approximate surface area is 140 Å². The summed E-state index contributed by atoms with van der Waals surface area (Å²) in [6.45, 7) is 0. The van der Waals surface area contributed by atoms with Gasteiger partial charge < -0.3 is 15.2 Å². The third-order valence-corrected chi connectivity index (χ3v) is 3.77. The summed E-state index contributed by atoms with van der Waals surface area (Å²) in [6.07, 6.45) is -5.35. The molecule has 0 bridgehead atoms. The fraction of sp³-hybridized carbons (Fsp3) is 0.333. The molecule has 1 aromatic carbocycles. The molecule has 0 aliphatic rings. The van der Waals surface area contributed by atoms with E-state index in [1.54, 1.807) is 5.32 Å². The summed E-state index contributed by atoms with van der Waals surface area (Å²) in [6, 6.07) is 1.31. The van der Waals surface area contributed by atoms with Crippen molar-refractivity contribution in [3.63, 3.8) is 0 Å². The van der Waals surface area contributed by atoms with Gasteiger partial charge in [-0.2, -0.15) is 13.2 Å². The Morgan fingerprint density at radius 1 is 1.32 bits per heavy atom. The minimum atomic E-state index is -5.11. The number of carbonyl (C=O) groups is 2. The number of ether oxygens (including phenoxy) is 1. The number of aromatic hydroxyl groups is 1. The summed E-state index contributed by atoms with van der Waals surface area (Å²) in [7, 11) is 0.998. The maximum absolute atomic E-state index is 12.3. The predicted molar refractivity (Wildman–Crippen MR) is 77.2 cm³/mol. The molecule has 0 aliphatic heterocycles. The van der Waals surface area contributed by atoms with Crippen molar-refractivity contribution in [2.75, 3.05) is 7.11 Å². The number of alkyl halides is 3. The number of carbonyl (C=O) groups excluding carboxylic acids is 2. The van der Waals surface area contributed by atoms with E-state index in [2.05, 4.69) is 36.6 Å². The number of esters is 1. The molecular weight excluding hydrogens is 439 g/mol. The summed E-state index contributed by atoms with van der Waals surface area (Å²) in [5.41, 5.74) is 0.398. The van der Waals surface area contributed by atoms with Crippen molar-refractivity contribution in [3.05, 3.63) is 26.6 Å². The zero-order valence-corrected chi connectivity index (χ0v) is 14.2. The molecule has 5 nitrogen and oxygen atoms in total. The first-order chi connectivity index (χ1) is 10.1. The van der Waals surface area contributed by atoms with Crippen LogP contribution in [-0.4, -0.2) is 36.3 Å². The quantitative estimate of drug-likeness (QED) is 0.694. The first-order valence-corrected chi connectivity index (χ1v) is 7.27. The smallest absolute Gasteiger partial charge is 0.471 e. The lowest BCUT2D eigenvalue weighted by Gasteiger charge is -2.18. The molecule has 0 fully saturated rings. The molecule has 122 valence electrons. The average molecular weight is 449 g/mol. The normalized spacial score (nSPS) is 12.6. The zero-order chi connectivity index (χ0) is 17.1. The van der Waals surface area contributed by atoms with Crippen LogP contribution in [0.4, 0.5) is 13.2 Å². The van der Waals surface area contributed by atoms with Gasteiger partial charge in [-0.05, 0) is 49.6 Å². The largest absolute Gasteiger partial charge is 0.506 e. The van der Waals surface area contributed by atoms with Crippen molar-refractivity contribution in [2.24, 2.45) is 0 Å². The SMILES string of the molecule is COC(=O)C(Cc1cc(Br)c(O)c(Br)c1)NC(=O)C(F)(F)F. The Hall–Kier alpha value is -1.29. The molecule has 1 unspecified atom stereocenters. The molecule has 0 aliphatic carbocycles. The number of halogens is 5. The van der Waals surface area contributed by atoms with Gasteiger partial charge in [-0.15, -0.1) is 0 Å². The van der Waals surface area contributed by atoms with Crippen LogP contribution in [0.3, 0.4) is 0 Å². The highest BCUT2D eigenvalue weighted by Crippen LogP contribution is 2.33. The van der Waals surface area contributed by atoms with Crippen molar-refractivity contribution >= 4 is 43.7 Å². The summed E-state index contributed by atoms with van der Waals surface area (Å²) in [4.78, 5) is 22.5. The van der Waals surface area contributed by atoms with Gasteiger partial charge in [-0.3, -0.25) is 4.79 Å². The van der Waals surface area contributed by atoms with Crippen LogP contribution in [0.2, 0.25) is 0 Å². The second-order valence-electron chi connectivity index (χ2n) is 4.16. The third kappa shape index (κ3) is 4.87. The summed E-state index contributed by atoms with van der Waals surface area (Å²) >= 11 is 6.12. The maximum atomic E-state index is 12.3. The number of rotatable bonds is 4. The van der Waals surface area contributed by atoms with Gasteiger partial charge >= 0.3 is 18.1 Å². The second-order valence-corrected chi connectivity index (χ2v) is 5.87. The fourth-order valence-electron chi connectivity index (χ4n) is 1.55. The molecule has 2 N–H and O–H groups in total. The van der Waals surface area contributed by atoms with Crippen molar-refractivity contribution in [1.29, 1.82) is 0 Å². The first kappa shape index (κ1) is 18.8. The number of benzene rings is 1. The number of hydrogen-bond acceptors (Lipinski definition) is 4. The fourth-order valence-corrected chi connectivity index (χ4v) is 2.83. The number of hydrogen-bond donors (Lipinski definition) is 2. The van der Waals surface area contributed by atoms with Crippen molar-refractivity contribution in [1.82, 2.24) is 5.32 Å². The molecular formula is C12H10Br2F3NO4. The van der Waals surface area contributed by atoms with Crippen molar-refractivity contribution in [3.8, 4) is 5.75 Å².